The average molecular weight is 313 g/mol. The maximum absolute atomic E-state index is 13.2. The van der Waals surface area contributed by atoms with Gasteiger partial charge in [0.05, 0.1) is 6.10 Å². The number of benzene rings is 2. The molecule has 0 aromatic heterocycles. The minimum Gasteiger partial charge on any atom is -0.485 e. The molecule has 20 heavy (non-hydrogen) atoms. The molecule has 1 N–H and O–H groups in total. The van der Waals surface area contributed by atoms with Gasteiger partial charge < -0.3 is 9.84 Å². The molecule has 0 fully saturated rings. The van der Waals surface area contributed by atoms with E-state index in [1.54, 1.807) is 18.2 Å². The highest BCUT2D eigenvalue weighted by atomic mass is 35.5. The molecule has 2 aromatic rings. The fourth-order valence-corrected chi connectivity index (χ4v) is 2.93. The molecule has 104 valence electrons. The summed E-state index contributed by atoms with van der Waals surface area (Å²) in [5.74, 6) is 0.0851. The zero-order valence-electron chi connectivity index (χ0n) is 10.3. The molecule has 0 aliphatic carbocycles. The molecule has 0 radical (unpaired) electrons. The van der Waals surface area contributed by atoms with Gasteiger partial charge >= 0.3 is 0 Å². The zero-order valence-corrected chi connectivity index (χ0v) is 11.8. The van der Waals surface area contributed by atoms with Crippen LogP contribution in [0.4, 0.5) is 4.39 Å². The number of hydrogen-bond donors (Lipinski definition) is 1. The zero-order chi connectivity index (χ0) is 14.3. The largest absolute Gasteiger partial charge is 0.485 e. The Hall–Kier alpha value is -1.29. The lowest BCUT2D eigenvalue weighted by Gasteiger charge is -2.30. The van der Waals surface area contributed by atoms with Crippen LogP contribution in [0.3, 0.4) is 0 Å². The van der Waals surface area contributed by atoms with Crippen molar-refractivity contribution in [3.8, 4) is 5.75 Å². The van der Waals surface area contributed by atoms with Crippen molar-refractivity contribution in [1.82, 2.24) is 0 Å². The number of hydrogen-bond acceptors (Lipinski definition) is 2. The summed E-state index contributed by atoms with van der Waals surface area (Å²) in [6, 6.07) is 9.25. The van der Waals surface area contributed by atoms with Gasteiger partial charge in [0.2, 0.25) is 0 Å². The van der Waals surface area contributed by atoms with E-state index in [0.29, 0.717) is 27.8 Å². The first kappa shape index (κ1) is 13.7. The lowest BCUT2D eigenvalue weighted by atomic mass is 9.95. The second-order valence-electron chi connectivity index (χ2n) is 4.74. The second kappa shape index (κ2) is 5.24. The van der Waals surface area contributed by atoms with Crippen molar-refractivity contribution in [3.63, 3.8) is 0 Å². The standard InChI is InChI=1S/C15H11Cl2FO2/c16-9-3-8(4-10(17)5-9)15-7-13(19)12-6-11(18)1-2-14(12)20-15/h1-6,13,15,19H,7H2. The van der Waals surface area contributed by atoms with Gasteiger partial charge in [0.1, 0.15) is 17.7 Å². The summed E-state index contributed by atoms with van der Waals surface area (Å²) in [6.45, 7) is 0. The Morgan fingerprint density at radius 1 is 1.10 bits per heavy atom. The van der Waals surface area contributed by atoms with E-state index in [1.807, 2.05) is 0 Å². The highest BCUT2D eigenvalue weighted by Gasteiger charge is 2.28. The normalized spacial score (nSPS) is 21.2. The van der Waals surface area contributed by atoms with Gasteiger partial charge in [0.15, 0.2) is 0 Å². The van der Waals surface area contributed by atoms with E-state index in [9.17, 15) is 9.50 Å². The summed E-state index contributed by atoms with van der Waals surface area (Å²) in [5.41, 5.74) is 1.26. The molecular formula is C15H11Cl2FO2. The van der Waals surface area contributed by atoms with Crippen molar-refractivity contribution in [2.75, 3.05) is 0 Å². The van der Waals surface area contributed by atoms with Crippen LogP contribution in [0.2, 0.25) is 10.0 Å². The monoisotopic (exact) mass is 312 g/mol. The van der Waals surface area contributed by atoms with Crippen LogP contribution in [0.25, 0.3) is 0 Å². The van der Waals surface area contributed by atoms with E-state index in [2.05, 4.69) is 0 Å². The maximum Gasteiger partial charge on any atom is 0.127 e. The maximum atomic E-state index is 13.2. The Morgan fingerprint density at radius 2 is 1.80 bits per heavy atom. The van der Waals surface area contributed by atoms with Crippen molar-refractivity contribution in [1.29, 1.82) is 0 Å². The predicted molar refractivity (Wildman–Crippen MR) is 75.8 cm³/mol. The molecule has 1 aliphatic heterocycles. The van der Waals surface area contributed by atoms with Gasteiger partial charge in [-0.1, -0.05) is 23.2 Å². The third kappa shape index (κ3) is 2.62. The lowest BCUT2D eigenvalue weighted by molar-refractivity contribution is 0.0653. The van der Waals surface area contributed by atoms with Crippen molar-refractivity contribution in [2.24, 2.45) is 0 Å². The number of aliphatic hydroxyl groups excluding tert-OH is 1. The van der Waals surface area contributed by atoms with Crippen LogP contribution < -0.4 is 4.74 Å². The van der Waals surface area contributed by atoms with Gasteiger partial charge in [-0.15, -0.1) is 0 Å². The summed E-state index contributed by atoms with van der Waals surface area (Å²) < 4.78 is 19.0. The Kier molecular flexibility index (Phi) is 3.59. The number of rotatable bonds is 1. The van der Waals surface area contributed by atoms with Crippen LogP contribution in [0.5, 0.6) is 5.75 Å². The minimum atomic E-state index is -0.780. The molecule has 0 amide bonds. The van der Waals surface area contributed by atoms with E-state index in [-0.39, 0.29) is 6.10 Å². The highest BCUT2D eigenvalue weighted by molar-refractivity contribution is 6.34. The van der Waals surface area contributed by atoms with E-state index in [1.165, 1.54) is 18.2 Å². The van der Waals surface area contributed by atoms with E-state index < -0.39 is 11.9 Å². The first-order valence-corrected chi connectivity index (χ1v) is 6.88. The first-order valence-electron chi connectivity index (χ1n) is 6.13. The van der Waals surface area contributed by atoms with Gasteiger partial charge in [-0.25, -0.2) is 4.39 Å². The van der Waals surface area contributed by atoms with Crippen LogP contribution in [-0.4, -0.2) is 5.11 Å². The van der Waals surface area contributed by atoms with Crippen LogP contribution >= 0.6 is 23.2 Å². The molecule has 2 aromatic carbocycles. The SMILES string of the molecule is OC1CC(c2cc(Cl)cc(Cl)c2)Oc2ccc(F)cc21. The van der Waals surface area contributed by atoms with E-state index in [4.69, 9.17) is 27.9 Å². The van der Waals surface area contributed by atoms with Gasteiger partial charge in [0, 0.05) is 22.0 Å². The van der Waals surface area contributed by atoms with E-state index >= 15 is 0 Å². The summed E-state index contributed by atoms with van der Waals surface area (Å²) in [7, 11) is 0. The van der Waals surface area contributed by atoms with Crippen LogP contribution in [-0.2, 0) is 0 Å². The molecule has 2 atom stereocenters. The Balaban J connectivity index is 1.96. The Bertz CT molecular complexity index is 640. The van der Waals surface area contributed by atoms with Gasteiger partial charge in [-0.05, 0) is 42.0 Å². The molecule has 0 saturated carbocycles. The Morgan fingerprint density at radius 3 is 2.50 bits per heavy atom. The van der Waals surface area contributed by atoms with Crippen molar-refractivity contribution >= 4 is 23.2 Å². The summed E-state index contributed by atoms with van der Waals surface area (Å²) in [5, 5.41) is 11.2. The smallest absolute Gasteiger partial charge is 0.127 e. The van der Waals surface area contributed by atoms with Crippen molar-refractivity contribution < 1.29 is 14.2 Å². The van der Waals surface area contributed by atoms with Crippen molar-refractivity contribution in [3.05, 3.63) is 63.4 Å². The van der Waals surface area contributed by atoms with Gasteiger partial charge in [0.25, 0.3) is 0 Å². The second-order valence-corrected chi connectivity index (χ2v) is 5.62. The number of fused-ring (bicyclic) bond motifs is 1. The molecule has 0 spiro atoms. The first-order chi connectivity index (χ1) is 9.52. The summed E-state index contributed by atoms with van der Waals surface area (Å²) >= 11 is 11.9. The van der Waals surface area contributed by atoms with Crippen molar-refractivity contribution in [2.45, 2.75) is 18.6 Å². The molecule has 0 saturated heterocycles. The van der Waals surface area contributed by atoms with Crippen LogP contribution in [0.15, 0.2) is 36.4 Å². The molecule has 0 bridgehead atoms. The van der Waals surface area contributed by atoms with Gasteiger partial charge in [-0.3, -0.25) is 0 Å². The molecular weight excluding hydrogens is 302 g/mol. The lowest BCUT2D eigenvalue weighted by Crippen LogP contribution is -2.19. The summed E-state index contributed by atoms with van der Waals surface area (Å²) in [4.78, 5) is 0. The topological polar surface area (TPSA) is 29.5 Å². The molecule has 1 heterocycles. The Labute approximate surface area is 125 Å². The minimum absolute atomic E-state index is 0.327. The molecule has 2 nitrogen and oxygen atoms in total. The quantitative estimate of drug-likeness (QED) is 0.827. The summed E-state index contributed by atoms with van der Waals surface area (Å²) in [6.07, 6.45) is -0.816. The van der Waals surface area contributed by atoms with Gasteiger partial charge in [-0.2, -0.15) is 0 Å². The predicted octanol–water partition coefficient (Wildman–Crippen LogP) is 4.69. The highest BCUT2D eigenvalue weighted by Crippen LogP contribution is 2.41. The average Bonchev–Trinajstić information content (AvgIpc) is 2.38. The molecule has 2 unspecified atom stereocenters. The third-order valence-corrected chi connectivity index (χ3v) is 3.73. The molecule has 3 rings (SSSR count). The third-order valence-electron chi connectivity index (χ3n) is 3.29. The number of ether oxygens (including phenoxy) is 1. The fraction of sp³-hybridized carbons (Fsp3) is 0.200. The van der Waals surface area contributed by atoms with Crippen LogP contribution in [0, 0.1) is 5.82 Å². The fourth-order valence-electron chi connectivity index (χ4n) is 2.38. The number of halogens is 3. The molecule has 5 heteroatoms. The van der Waals surface area contributed by atoms with Crippen LogP contribution in [0.1, 0.15) is 29.8 Å². The molecule has 1 aliphatic rings. The van der Waals surface area contributed by atoms with E-state index in [0.717, 1.165) is 5.56 Å². The number of aliphatic hydroxyl groups is 1.